The molecule has 3 rings (SSSR count). The molecule has 0 unspecified atom stereocenters. The van der Waals surface area contributed by atoms with Gasteiger partial charge in [-0.2, -0.15) is 0 Å². The van der Waals surface area contributed by atoms with Crippen molar-refractivity contribution in [3.05, 3.63) is 22.0 Å². The second-order valence-corrected chi connectivity index (χ2v) is 6.54. The molecule has 2 aromatic rings. The van der Waals surface area contributed by atoms with Crippen LogP contribution in [0.1, 0.15) is 34.8 Å². The van der Waals surface area contributed by atoms with Gasteiger partial charge in [-0.05, 0) is 39.2 Å². The maximum absolute atomic E-state index is 5.40. The Bertz CT molecular complexity index is 617. The van der Waals surface area contributed by atoms with Crippen molar-refractivity contribution in [2.45, 2.75) is 46.2 Å². The summed E-state index contributed by atoms with van der Waals surface area (Å²) >= 11 is 1.80. The Balaban J connectivity index is 1.81. The van der Waals surface area contributed by atoms with E-state index in [4.69, 9.17) is 4.74 Å². The van der Waals surface area contributed by atoms with E-state index in [1.165, 1.54) is 15.8 Å². The highest BCUT2D eigenvalue weighted by Gasteiger charge is 2.16. The third kappa shape index (κ3) is 2.71. The first-order chi connectivity index (χ1) is 9.65. The van der Waals surface area contributed by atoms with Gasteiger partial charge in [-0.25, -0.2) is 9.97 Å². The number of hydrogen-bond acceptors (Lipinski definition) is 5. The normalized spacial score (nSPS) is 16.9. The van der Waals surface area contributed by atoms with Crippen molar-refractivity contribution in [1.82, 2.24) is 15.3 Å². The van der Waals surface area contributed by atoms with Crippen LogP contribution in [-0.2, 0) is 11.3 Å². The number of aromatic nitrogens is 2. The first-order valence-corrected chi connectivity index (χ1v) is 8.01. The van der Waals surface area contributed by atoms with Crippen LogP contribution in [0.25, 0.3) is 10.2 Å². The molecule has 3 heterocycles. The van der Waals surface area contributed by atoms with Gasteiger partial charge in [0, 0.05) is 41.8 Å². The smallest absolute Gasteiger partial charge is 0.127 e. The van der Waals surface area contributed by atoms with Gasteiger partial charge in [0.2, 0.25) is 0 Å². The summed E-state index contributed by atoms with van der Waals surface area (Å²) in [6.45, 7) is 8.91. The Kier molecular flexibility index (Phi) is 4.01. The van der Waals surface area contributed by atoms with Crippen LogP contribution in [0.2, 0.25) is 0 Å². The second-order valence-electron chi connectivity index (χ2n) is 5.45. The van der Waals surface area contributed by atoms with Gasteiger partial charge in [-0.3, -0.25) is 0 Å². The van der Waals surface area contributed by atoms with Crippen molar-refractivity contribution in [3.8, 4) is 0 Å². The summed E-state index contributed by atoms with van der Waals surface area (Å²) in [5.74, 6) is 0.861. The molecular formula is C15H21N3OS. The van der Waals surface area contributed by atoms with Gasteiger partial charge in [0.15, 0.2) is 0 Å². The van der Waals surface area contributed by atoms with Crippen LogP contribution in [0.4, 0.5) is 0 Å². The highest BCUT2D eigenvalue weighted by atomic mass is 32.1. The number of nitrogens with zero attached hydrogens (tertiary/aromatic N) is 2. The van der Waals surface area contributed by atoms with Gasteiger partial charge < -0.3 is 10.1 Å². The molecule has 1 N–H and O–H groups in total. The standard InChI is InChI=1S/C15H21N3OS/c1-9-13(8-16-12-4-6-19-7-5-12)20-15-14(9)10(2)17-11(3)18-15/h12,16H,4-8H2,1-3H3. The third-order valence-electron chi connectivity index (χ3n) is 3.95. The Morgan fingerprint density at radius 2 is 1.95 bits per heavy atom. The molecule has 0 amide bonds. The number of hydrogen-bond donors (Lipinski definition) is 1. The average molecular weight is 291 g/mol. The number of fused-ring (bicyclic) bond motifs is 1. The summed E-state index contributed by atoms with van der Waals surface area (Å²) in [7, 11) is 0. The van der Waals surface area contributed by atoms with E-state index in [2.05, 4.69) is 29.1 Å². The molecule has 2 aromatic heterocycles. The average Bonchev–Trinajstić information content (AvgIpc) is 2.74. The van der Waals surface area contributed by atoms with Gasteiger partial charge in [0.25, 0.3) is 0 Å². The monoisotopic (exact) mass is 291 g/mol. The van der Waals surface area contributed by atoms with Crippen molar-refractivity contribution in [3.63, 3.8) is 0 Å². The predicted octanol–water partition coefficient (Wildman–Crippen LogP) is 2.89. The predicted molar refractivity (Wildman–Crippen MR) is 82.3 cm³/mol. The Hall–Kier alpha value is -1.04. The molecule has 1 aliphatic rings. The Morgan fingerprint density at radius 1 is 1.20 bits per heavy atom. The van der Waals surface area contributed by atoms with E-state index in [0.717, 1.165) is 48.9 Å². The van der Waals surface area contributed by atoms with Crippen LogP contribution in [0.3, 0.4) is 0 Å². The lowest BCUT2D eigenvalue weighted by Crippen LogP contribution is -2.34. The zero-order chi connectivity index (χ0) is 14.1. The topological polar surface area (TPSA) is 47.0 Å². The molecule has 0 aromatic carbocycles. The van der Waals surface area contributed by atoms with E-state index < -0.39 is 0 Å². The van der Waals surface area contributed by atoms with Gasteiger partial charge in [0.05, 0.1) is 0 Å². The second kappa shape index (κ2) is 5.76. The van der Waals surface area contributed by atoms with Crippen LogP contribution >= 0.6 is 11.3 Å². The maximum atomic E-state index is 5.40. The lowest BCUT2D eigenvalue weighted by Gasteiger charge is -2.23. The molecule has 0 atom stereocenters. The van der Waals surface area contributed by atoms with Gasteiger partial charge >= 0.3 is 0 Å². The first-order valence-electron chi connectivity index (χ1n) is 7.19. The minimum atomic E-state index is 0.585. The summed E-state index contributed by atoms with van der Waals surface area (Å²) in [6, 6.07) is 0.585. The zero-order valence-corrected chi connectivity index (χ0v) is 13.1. The molecule has 5 heteroatoms. The molecule has 1 saturated heterocycles. The first kappa shape index (κ1) is 13.9. The van der Waals surface area contributed by atoms with Crippen LogP contribution in [0.15, 0.2) is 0 Å². The number of aryl methyl sites for hydroxylation is 3. The number of rotatable bonds is 3. The number of thiophene rings is 1. The molecule has 0 spiro atoms. The summed E-state index contributed by atoms with van der Waals surface area (Å²) < 4.78 is 5.40. The van der Waals surface area contributed by atoms with E-state index in [0.29, 0.717) is 6.04 Å². The fourth-order valence-corrected chi connectivity index (χ4v) is 4.05. The van der Waals surface area contributed by atoms with Crippen molar-refractivity contribution in [1.29, 1.82) is 0 Å². The van der Waals surface area contributed by atoms with E-state index in [-0.39, 0.29) is 0 Å². The molecular weight excluding hydrogens is 270 g/mol. The molecule has 1 aliphatic heterocycles. The molecule has 108 valence electrons. The Labute approximate surface area is 123 Å². The minimum absolute atomic E-state index is 0.585. The van der Waals surface area contributed by atoms with Crippen LogP contribution in [-0.4, -0.2) is 29.2 Å². The third-order valence-corrected chi connectivity index (χ3v) is 5.14. The summed E-state index contributed by atoms with van der Waals surface area (Å²) in [5.41, 5.74) is 2.43. The quantitative estimate of drug-likeness (QED) is 0.944. The van der Waals surface area contributed by atoms with E-state index >= 15 is 0 Å². The van der Waals surface area contributed by atoms with Gasteiger partial charge in [0.1, 0.15) is 10.7 Å². The highest BCUT2D eigenvalue weighted by Crippen LogP contribution is 2.31. The van der Waals surface area contributed by atoms with E-state index in [1.807, 2.05) is 6.92 Å². The summed E-state index contributed by atoms with van der Waals surface area (Å²) in [4.78, 5) is 11.6. The molecule has 0 radical (unpaired) electrons. The van der Waals surface area contributed by atoms with Crippen molar-refractivity contribution >= 4 is 21.6 Å². The van der Waals surface area contributed by atoms with Crippen molar-refractivity contribution in [2.75, 3.05) is 13.2 Å². The molecule has 0 saturated carbocycles. The molecule has 0 bridgehead atoms. The van der Waals surface area contributed by atoms with Crippen molar-refractivity contribution < 1.29 is 4.74 Å². The number of nitrogens with one attached hydrogen (secondary N) is 1. The van der Waals surface area contributed by atoms with Crippen LogP contribution in [0, 0.1) is 20.8 Å². The molecule has 20 heavy (non-hydrogen) atoms. The van der Waals surface area contributed by atoms with Crippen LogP contribution in [0.5, 0.6) is 0 Å². The lowest BCUT2D eigenvalue weighted by molar-refractivity contribution is 0.0776. The highest BCUT2D eigenvalue weighted by molar-refractivity contribution is 7.18. The fraction of sp³-hybridized carbons (Fsp3) is 0.600. The molecule has 0 aliphatic carbocycles. The largest absolute Gasteiger partial charge is 0.381 e. The maximum Gasteiger partial charge on any atom is 0.127 e. The van der Waals surface area contributed by atoms with Gasteiger partial charge in [-0.1, -0.05) is 0 Å². The molecule has 4 nitrogen and oxygen atoms in total. The number of ether oxygens (including phenoxy) is 1. The Morgan fingerprint density at radius 3 is 2.70 bits per heavy atom. The van der Waals surface area contributed by atoms with E-state index in [9.17, 15) is 0 Å². The summed E-state index contributed by atoms with van der Waals surface area (Å²) in [6.07, 6.45) is 2.23. The lowest BCUT2D eigenvalue weighted by atomic mass is 10.1. The zero-order valence-electron chi connectivity index (χ0n) is 12.3. The fourth-order valence-electron chi connectivity index (χ4n) is 2.83. The minimum Gasteiger partial charge on any atom is -0.381 e. The van der Waals surface area contributed by atoms with E-state index in [1.54, 1.807) is 11.3 Å². The van der Waals surface area contributed by atoms with Crippen molar-refractivity contribution in [2.24, 2.45) is 0 Å². The molecule has 1 fully saturated rings. The van der Waals surface area contributed by atoms with Gasteiger partial charge in [-0.15, -0.1) is 11.3 Å². The van der Waals surface area contributed by atoms with Crippen LogP contribution < -0.4 is 5.32 Å². The SMILES string of the molecule is Cc1nc(C)c2c(C)c(CNC3CCOCC3)sc2n1. The summed E-state index contributed by atoms with van der Waals surface area (Å²) in [5, 5.41) is 4.90.